The van der Waals surface area contributed by atoms with Gasteiger partial charge in [0.2, 0.25) is 5.91 Å². The van der Waals surface area contributed by atoms with Gasteiger partial charge in [0.1, 0.15) is 5.75 Å². The molecule has 0 bridgehead atoms. The molecular weight excluding hydrogens is 311 g/mol. The van der Waals surface area contributed by atoms with Crippen molar-refractivity contribution in [2.75, 3.05) is 6.54 Å². The summed E-state index contributed by atoms with van der Waals surface area (Å²) in [5.74, 6) is -0.504. The molecule has 0 spiro atoms. The Labute approximate surface area is 125 Å². The Morgan fingerprint density at radius 2 is 2.05 bits per heavy atom. The SMILES string of the molecule is NC(=O)C1CC(c2c(O)cc(Cl)c(Cl)c2Cl)CCN1. The van der Waals surface area contributed by atoms with Crippen molar-refractivity contribution in [3.63, 3.8) is 0 Å². The van der Waals surface area contributed by atoms with E-state index in [0.29, 0.717) is 18.5 Å². The van der Waals surface area contributed by atoms with Crippen LogP contribution in [-0.4, -0.2) is 23.6 Å². The Bertz CT molecular complexity index is 522. The van der Waals surface area contributed by atoms with E-state index in [-0.39, 0.29) is 26.7 Å². The highest BCUT2D eigenvalue weighted by atomic mass is 35.5. The van der Waals surface area contributed by atoms with Gasteiger partial charge in [-0.25, -0.2) is 0 Å². The van der Waals surface area contributed by atoms with Crippen LogP contribution in [0.25, 0.3) is 0 Å². The van der Waals surface area contributed by atoms with Crippen LogP contribution in [-0.2, 0) is 4.79 Å². The third-order valence-electron chi connectivity index (χ3n) is 3.33. The maximum absolute atomic E-state index is 11.2. The van der Waals surface area contributed by atoms with Crippen LogP contribution in [0.1, 0.15) is 24.3 Å². The van der Waals surface area contributed by atoms with E-state index in [9.17, 15) is 9.90 Å². The van der Waals surface area contributed by atoms with Crippen LogP contribution in [0.4, 0.5) is 0 Å². The number of phenols is 1. The molecule has 1 aromatic carbocycles. The van der Waals surface area contributed by atoms with E-state index in [0.717, 1.165) is 6.42 Å². The number of rotatable bonds is 2. The number of phenolic OH excluding ortho intramolecular Hbond substituents is 1. The zero-order chi connectivity index (χ0) is 14.2. The molecule has 0 aliphatic carbocycles. The van der Waals surface area contributed by atoms with Crippen molar-refractivity contribution >= 4 is 40.7 Å². The van der Waals surface area contributed by atoms with Gasteiger partial charge in [-0.15, -0.1) is 0 Å². The second kappa shape index (κ2) is 5.75. The van der Waals surface area contributed by atoms with Gasteiger partial charge >= 0.3 is 0 Å². The first-order chi connectivity index (χ1) is 8.91. The predicted octanol–water partition coefficient (Wildman–Crippen LogP) is 2.67. The summed E-state index contributed by atoms with van der Waals surface area (Å²) in [7, 11) is 0. The molecule has 2 unspecified atom stereocenters. The maximum atomic E-state index is 11.2. The molecule has 1 aliphatic heterocycles. The lowest BCUT2D eigenvalue weighted by Gasteiger charge is -2.30. The number of amides is 1. The normalized spacial score (nSPS) is 23.3. The summed E-state index contributed by atoms with van der Waals surface area (Å²) in [5.41, 5.74) is 5.82. The Kier molecular flexibility index (Phi) is 4.46. The molecule has 7 heteroatoms. The average Bonchev–Trinajstić information content (AvgIpc) is 2.36. The fourth-order valence-electron chi connectivity index (χ4n) is 2.38. The first kappa shape index (κ1) is 14.7. The third-order valence-corrected chi connectivity index (χ3v) is 4.61. The number of halogens is 3. The second-order valence-corrected chi connectivity index (χ2v) is 5.71. The van der Waals surface area contributed by atoms with Gasteiger partial charge in [0.15, 0.2) is 0 Å². The van der Waals surface area contributed by atoms with Crippen LogP contribution in [0, 0.1) is 0 Å². The lowest BCUT2D eigenvalue weighted by atomic mass is 9.85. The number of carbonyl (C=O) groups is 1. The minimum atomic E-state index is -0.427. The van der Waals surface area contributed by atoms with Gasteiger partial charge in [0, 0.05) is 11.6 Å². The highest BCUT2D eigenvalue weighted by Crippen LogP contribution is 2.44. The van der Waals surface area contributed by atoms with Gasteiger partial charge in [-0.3, -0.25) is 4.79 Å². The molecule has 1 fully saturated rings. The van der Waals surface area contributed by atoms with Gasteiger partial charge in [0.05, 0.1) is 21.1 Å². The Morgan fingerprint density at radius 1 is 1.37 bits per heavy atom. The van der Waals surface area contributed by atoms with Crippen LogP contribution < -0.4 is 11.1 Å². The van der Waals surface area contributed by atoms with Crippen LogP contribution in [0.15, 0.2) is 6.07 Å². The summed E-state index contributed by atoms with van der Waals surface area (Å²) < 4.78 is 0. The van der Waals surface area contributed by atoms with E-state index in [4.69, 9.17) is 40.5 Å². The number of nitrogens with one attached hydrogen (secondary N) is 1. The number of hydrogen-bond donors (Lipinski definition) is 3. The van der Waals surface area contributed by atoms with E-state index in [2.05, 4.69) is 5.32 Å². The number of nitrogens with two attached hydrogens (primary N) is 1. The monoisotopic (exact) mass is 322 g/mol. The summed E-state index contributed by atoms with van der Waals surface area (Å²) in [5, 5.41) is 13.7. The molecule has 1 aromatic rings. The minimum Gasteiger partial charge on any atom is -0.508 e. The molecule has 1 saturated heterocycles. The van der Waals surface area contributed by atoms with E-state index in [1.807, 2.05) is 0 Å². The number of benzene rings is 1. The lowest BCUT2D eigenvalue weighted by Crippen LogP contribution is -2.46. The third kappa shape index (κ3) is 2.92. The van der Waals surface area contributed by atoms with Gasteiger partial charge < -0.3 is 16.2 Å². The van der Waals surface area contributed by atoms with Gasteiger partial charge in [-0.05, 0) is 25.3 Å². The van der Waals surface area contributed by atoms with E-state index in [1.54, 1.807) is 0 Å². The summed E-state index contributed by atoms with van der Waals surface area (Å²) in [6.45, 7) is 0.619. The quantitative estimate of drug-likeness (QED) is 0.732. The smallest absolute Gasteiger partial charge is 0.234 e. The number of aromatic hydroxyl groups is 1. The second-order valence-electron chi connectivity index (χ2n) is 4.55. The molecule has 2 rings (SSSR count). The molecule has 2 atom stereocenters. The van der Waals surface area contributed by atoms with Crippen molar-refractivity contribution in [2.24, 2.45) is 5.73 Å². The first-order valence-electron chi connectivity index (χ1n) is 5.81. The fourth-order valence-corrected chi connectivity index (χ4v) is 3.14. The molecule has 0 radical (unpaired) electrons. The Hall–Kier alpha value is -0.680. The number of hydrogen-bond acceptors (Lipinski definition) is 3. The van der Waals surface area contributed by atoms with E-state index in [1.165, 1.54) is 6.07 Å². The maximum Gasteiger partial charge on any atom is 0.234 e. The molecule has 104 valence electrons. The summed E-state index contributed by atoms with van der Waals surface area (Å²) in [6.07, 6.45) is 1.20. The van der Waals surface area contributed by atoms with Crippen molar-refractivity contribution in [1.29, 1.82) is 0 Å². The van der Waals surface area contributed by atoms with Gasteiger partial charge in [-0.2, -0.15) is 0 Å². The highest BCUT2D eigenvalue weighted by Gasteiger charge is 2.30. The van der Waals surface area contributed by atoms with Gasteiger partial charge in [-0.1, -0.05) is 34.8 Å². The summed E-state index contributed by atoms with van der Waals surface area (Å²) in [6, 6.07) is 0.940. The van der Waals surface area contributed by atoms with Crippen molar-refractivity contribution in [2.45, 2.75) is 24.8 Å². The minimum absolute atomic E-state index is 0.00507. The molecule has 1 amide bonds. The van der Waals surface area contributed by atoms with Crippen LogP contribution >= 0.6 is 34.8 Å². The van der Waals surface area contributed by atoms with Crippen molar-refractivity contribution in [3.8, 4) is 5.75 Å². The molecule has 1 heterocycles. The number of piperidine rings is 1. The summed E-state index contributed by atoms with van der Waals surface area (Å²) in [4.78, 5) is 11.2. The molecular formula is C12H13Cl3N2O2. The average molecular weight is 324 g/mol. The van der Waals surface area contributed by atoms with Crippen molar-refractivity contribution < 1.29 is 9.90 Å². The van der Waals surface area contributed by atoms with Crippen LogP contribution in [0.3, 0.4) is 0 Å². The standard InChI is InChI=1S/C12H13Cl3N2O2/c13-6-4-8(18)9(11(15)10(6)14)5-1-2-17-7(3-5)12(16)19/h4-5,7,17-18H,1-3H2,(H2,16,19). The zero-order valence-electron chi connectivity index (χ0n) is 9.92. The zero-order valence-corrected chi connectivity index (χ0v) is 12.2. The molecule has 1 aliphatic rings. The predicted molar refractivity (Wildman–Crippen MR) is 76.1 cm³/mol. The van der Waals surface area contributed by atoms with Crippen molar-refractivity contribution in [3.05, 3.63) is 26.7 Å². The highest BCUT2D eigenvalue weighted by molar-refractivity contribution is 6.48. The van der Waals surface area contributed by atoms with Crippen LogP contribution in [0.2, 0.25) is 15.1 Å². The van der Waals surface area contributed by atoms with Crippen LogP contribution in [0.5, 0.6) is 5.75 Å². The lowest BCUT2D eigenvalue weighted by molar-refractivity contribution is -0.120. The number of carbonyl (C=O) groups excluding carboxylic acids is 1. The fraction of sp³-hybridized carbons (Fsp3) is 0.417. The first-order valence-corrected chi connectivity index (χ1v) is 6.94. The Balaban J connectivity index is 2.36. The molecule has 4 nitrogen and oxygen atoms in total. The Morgan fingerprint density at radius 3 is 2.68 bits per heavy atom. The largest absolute Gasteiger partial charge is 0.508 e. The molecule has 0 aromatic heterocycles. The molecule has 19 heavy (non-hydrogen) atoms. The van der Waals surface area contributed by atoms with E-state index < -0.39 is 11.9 Å². The topological polar surface area (TPSA) is 75.4 Å². The van der Waals surface area contributed by atoms with E-state index >= 15 is 0 Å². The summed E-state index contributed by atoms with van der Waals surface area (Å²) >= 11 is 18.0. The van der Waals surface area contributed by atoms with Crippen molar-refractivity contribution in [1.82, 2.24) is 5.32 Å². The van der Waals surface area contributed by atoms with Gasteiger partial charge in [0.25, 0.3) is 0 Å². The molecule has 0 saturated carbocycles. The number of primary amides is 1. The molecule has 4 N–H and O–H groups in total.